The molecular formula is C35H42BrNO4. The molecule has 0 radical (unpaired) electrons. The lowest BCUT2D eigenvalue weighted by Gasteiger charge is -2.48. The van der Waals surface area contributed by atoms with Crippen molar-refractivity contribution >= 4 is 27.5 Å². The van der Waals surface area contributed by atoms with Crippen molar-refractivity contribution in [2.45, 2.75) is 86.7 Å². The molecule has 0 spiro atoms. The predicted molar refractivity (Wildman–Crippen MR) is 166 cm³/mol. The lowest BCUT2D eigenvalue weighted by Crippen LogP contribution is -2.43. The summed E-state index contributed by atoms with van der Waals surface area (Å²) in [5, 5.41) is 0. The maximum atomic E-state index is 13.9. The van der Waals surface area contributed by atoms with Gasteiger partial charge in [0, 0.05) is 48.3 Å². The molecule has 6 heteroatoms. The quantitative estimate of drug-likeness (QED) is 0.325. The van der Waals surface area contributed by atoms with Gasteiger partial charge in [-0.3, -0.25) is 9.59 Å². The largest absolute Gasteiger partial charge is 0.490 e. The van der Waals surface area contributed by atoms with Crippen LogP contribution in [0.1, 0.15) is 88.5 Å². The highest BCUT2D eigenvalue weighted by Gasteiger charge is 2.48. The Balaban J connectivity index is 1.63. The van der Waals surface area contributed by atoms with E-state index >= 15 is 0 Å². The summed E-state index contributed by atoms with van der Waals surface area (Å²) in [5.74, 6) is 1.06. The first-order chi connectivity index (χ1) is 19.2. The molecule has 218 valence electrons. The summed E-state index contributed by atoms with van der Waals surface area (Å²) in [7, 11) is 2.04. The Hall–Kier alpha value is -2.86. The summed E-state index contributed by atoms with van der Waals surface area (Å²) < 4.78 is 13.2. The molecule has 0 fully saturated rings. The van der Waals surface area contributed by atoms with Gasteiger partial charge in [-0.25, -0.2) is 0 Å². The van der Waals surface area contributed by atoms with Gasteiger partial charge < -0.3 is 14.4 Å². The number of ketones is 2. The third kappa shape index (κ3) is 5.64. The third-order valence-corrected chi connectivity index (χ3v) is 9.39. The van der Waals surface area contributed by atoms with Gasteiger partial charge in [0.15, 0.2) is 23.1 Å². The van der Waals surface area contributed by atoms with E-state index in [-0.39, 0.29) is 22.4 Å². The van der Waals surface area contributed by atoms with Gasteiger partial charge in [-0.1, -0.05) is 45.9 Å². The van der Waals surface area contributed by atoms with Crippen molar-refractivity contribution in [3.63, 3.8) is 0 Å². The fourth-order valence-corrected chi connectivity index (χ4v) is 7.28. The molecule has 0 aromatic heterocycles. The Morgan fingerprint density at radius 1 is 0.854 bits per heavy atom. The smallest absolute Gasteiger partial charge is 0.175 e. The minimum Gasteiger partial charge on any atom is -0.490 e. The maximum absolute atomic E-state index is 13.9. The number of carbonyl (C=O) groups is 2. The fraction of sp³-hybridized carbons (Fsp3) is 0.486. The van der Waals surface area contributed by atoms with Gasteiger partial charge in [0.2, 0.25) is 0 Å². The number of aryl methyl sites for hydroxylation is 2. The number of carbonyl (C=O) groups excluding carboxylic acids is 2. The summed E-state index contributed by atoms with van der Waals surface area (Å²) in [4.78, 5) is 29.9. The van der Waals surface area contributed by atoms with E-state index in [1.807, 2.05) is 26.1 Å². The van der Waals surface area contributed by atoms with Crippen molar-refractivity contribution in [2.24, 2.45) is 10.8 Å². The minimum atomic E-state index is -0.423. The second kappa shape index (κ2) is 10.8. The first kappa shape index (κ1) is 29.6. The molecule has 2 aliphatic carbocycles. The van der Waals surface area contributed by atoms with Crippen molar-refractivity contribution in [1.82, 2.24) is 4.90 Å². The number of allylic oxidation sites excluding steroid dienone is 4. The lowest BCUT2D eigenvalue weighted by molar-refractivity contribution is -0.119. The standard InChI is InChI=1S/C35H42BrNO4/c1-9-40-29-14-23(13-24(36)33(29)41-19-22-11-10-20(2)21(3)12-22)30-31-25(15-34(4,5)17-27(31)38)37(8)26-16-35(6,7)18-28(39)32(26)30/h10-14,30H,9,15-19H2,1-8H3. The Labute approximate surface area is 253 Å². The highest BCUT2D eigenvalue weighted by Crippen LogP contribution is 2.55. The predicted octanol–water partition coefficient (Wildman–Crippen LogP) is 8.36. The van der Waals surface area contributed by atoms with Gasteiger partial charge in [0.25, 0.3) is 0 Å². The highest BCUT2D eigenvalue weighted by molar-refractivity contribution is 9.10. The van der Waals surface area contributed by atoms with E-state index in [0.29, 0.717) is 37.6 Å². The second-order valence-corrected chi connectivity index (χ2v) is 14.4. The average molecular weight is 621 g/mol. The zero-order valence-electron chi connectivity index (χ0n) is 25.7. The van der Waals surface area contributed by atoms with Crippen LogP contribution in [0.2, 0.25) is 0 Å². The van der Waals surface area contributed by atoms with E-state index in [2.05, 4.69) is 80.6 Å². The molecule has 0 bridgehead atoms. The fourth-order valence-electron chi connectivity index (χ4n) is 6.70. The molecule has 5 rings (SSSR count). The van der Waals surface area contributed by atoms with Gasteiger partial charge in [-0.2, -0.15) is 0 Å². The molecule has 0 amide bonds. The molecule has 2 aromatic carbocycles. The normalized spacial score (nSPS) is 20.3. The number of hydrogen-bond donors (Lipinski definition) is 0. The number of hydrogen-bond acceptors (Lipinski definition) is 5. The number of nitrogens with zero attached hydrogens (tertiary/aromatic N) is 1. The zero-order valence-corrected chi connectivity index (χ0v) is 27.3. The van der Waals surface area contributed by atoms with Crippen molar-refractivity contribution in [3.8, 4) is 11.5 Å². The number of benzene rings is 2. The summed E-state index contributed by atoms with van der Waals surface area (Å²) in [6.07, 6.45) is 2.52. The molecule has 2 aromatic rings. The third-order valence-electron chi connectivity index (χ3n) is 8.80. The van der Waals surface area contributed by atoms with Crippen LogP contribution in [0, 0.1) is 24.7 Å². The molecule has 5 nitrogen and oxygen atoms in total. The number of Topliss-reactive ketones (excluding diaryl/α,β-unsaturated/α-hetero) is 2. The Morgan fingerprint density at radius 3 is 1.98 bits per heavy atom. The van der Waals surface area contributed by atoms with Crippen molar-refractivity contribution in [1.29, 1.82) is 0 Å². The van der Waals surface area contributed by atoms with Crippen LogP contribution in [-0.4, -0.2) is 30.1 Å². The van der Waals surface area contributed by atoms with Crippen LogP contribution < -0.4 is 9.47 Å². The van der Waals surface area contributed by atoms with Crippen LogP contribution in [0.25, 0.3) is 0 Å². The average Bonchev–Trinajstić information content (AvgIpc) is 2.85. The van der Waals surface area contributed by atoms with E-state index < -0.39 is 5.92 Å². The SMILES string of the molecule is CCOc1cc(C2C3=C(CC(C)(C)CC3=O)N(C)C3=C2C(=O)CC(C)(C)C3)cc(Br)c1OCc1ccc(C)c(C)c1. The molecule has 0 saturated heterocycles. The number of rotatable bonds is 6. The molecule has 0 unspecified atom stereocenters. The van der Waals surface area contributed by atoms with E-state index in [4.69, 9.17) is 9.47 Å². The monoisotopic (exact) mass is 619 g/mol. The van der Waals surface area contributed by atoms with Crippen LogP contribution in [0.4, 0.5) is 0 Å². The number of halogens is 1. The van der Waals surface area contributed by atoms with Crippen LogP contribution in [0.15, 0.2) is 57.3 Å². The second-order valence-electron chi connectivity index (χ2n) is 13.6. The molecular weight excluding hydrogens is 578 g/mol. The van der Waals surface area contributed by atoms with Crippen LogP contribution >= 0.6 is 15.9 Å². The molecule has 3 aliphatic rings. The molecule has 1 heterocycles. The van der Waals surface area contributed by atoms with Crippen LogP contribution in [0.5, 0.6) is 11.5 Å². The molecule has 0 N–H and O–H groups in total. The lowest BCUT2D eigenvalue weighted by atomic mass is 9.64. The Bertz CT molecular complexity index is 1440. The molecule has 0 saturated carbocycles. The van der Waals surface area contributed by atoms with E-state index in [1.54, 1.807) is 0 Å². The first-order valence-electron chi connectivity index (χ1n) is 14.6. The summed E-state index contributed by atoms with van der Waals surface area (Å²) >= 11 is 3.77. The summed E-state index contributed by atoms with van der Waals surface area (Å²) in [6.45, 7) is 15.6. The van der Waals surface area contributed by atoms with Crippen molar-refractivity contribution < 1.29 is 19.1 Å². The molecule has 0 atom stereocenters. The number of ether oxygens (including phenoxy) is 2. The van der Waals surface area contributed by atoms with E-state index in [9.17, 15) is 9.59 Å². The van der Waals surface area contributed by atoms with Gasteiger partial charge >= 0.3 is 0 Å². The van der Waals surface area contributed by atoms with Crippen molar-refractivity contribution in [3.05, 3.63) is 79.6 Å². The zero-order chi connectivity index (χ0) is 29.9. The summed E-state index contributed by atoms with van der Waals surface area (Å²) in [5.41, 5.74) is 7.78. The van der Waals surface area contributed by atoms with E-state index in [1.165, 1.54) is 11.1 Å². The van der Waals surface area contributed by atoms with Gasteiger partial charge in [0.1, 0.15) is 6.61 Å². The highest BCUT2D eigenvalue weighted by atomic mass is 79.9. The van der Waals surface area contributed by atoms with Gasteiger partial charge in [0.05, 0.1) is 11.1 Å². The molecule has 41 heavy (non-hydrogen) atoms. The van der Waals surface area contributed by atoms with Crippen LogP contribution in [-0.2, 0) is 16.2 Å². The topological polar surface area (TPSA) is 55.8 Å². The van der Waals surface area contributed by atoms with E-state index in [0.717, 1.165) is 51.0 Å². The van der Waals surface area contributed by atoms with Gasteiger partial charge in [-0.05, 0) is 94.8 Å². The van der Waals surface area contributed by atoms with Gasteiger partial charge in [-0.15, -0.1) is 0 Å². The first-order valence-corrected chi connectivity index (χ1v) is 15.4. The van der Waals surface area contributed by atoms with Crippen molar-refractivity contribution in [2.75, 3.05) is 13.7 Å². The Kier molecular flexibility index (Phi) is 7.78. The van der Waals surface area contributed by atoms with Crippen LogP contribution in [0.3, 0.4) is 0 Å². The molecule has 1 aliphatic heterocycles. The minimum absolute atomic E-state index is 0.126. The Morgan fingerprint density at radius 2 is 1.44 bits per heavy atom. The summed E-state index contributed by atoms with van der Waals surface area (Å²) in [6, 6.07) is 10.3. The maximum Gasteiger partial charge on any atom is 0.175 e.